The van der Waals surface area contributed by atoms with Crippen LogP contribution in [0.25, 0.3) is 0 Å². The van der Waals surface area contributed by atoms with Crippen molar-refractivity contribution >= 4 is 11.8 Å². The monoisotopic (exact) mass is 557 g/mol. The third-order valence-corrected chi connectivity index (χ3v) is 7.31. The van der Waals surface area contributed by atoms with Crippen LogP contribution in [-0.4, -0.2) is 69.6 Å². The van der Waals surface area contributed by atoms with Crippen molar-refractivity contribution in [2.75, 3.05) is 40.5 Å². The van der Waals surface area contributed by atoms with Crippen molar-refractivity contribution in [3.05, 3.63) is 65.7 Å². The van der Waals surface area contributed by atoms with Crippen LogP contribution in [0.2, 0.25) is 0 Å². The van der Waals surface area contributed by atoms with E-state index in [0.29, 0.717) is 43.1 Å². The summed E-state index contributed by atoms with van der Waals surface area (Å²) in [6, 6.07) is 15.8. The van der Waals surface area contributed by atoms with Gasteiger partial charge in [-0.3, -0.25) is 9.59 Å². The number of benzene rings is 2. The number of rotatable bonds is 18. The number of carbonyl (C=O) groups excluding carboxylic acids is 2. The summed E-state index contributed by atoms with van der Waals surface area (Å²) in [6.45, 7) is 7.34. The zero-order valence-corrected chi connectivity index (χ0v) is 24.5. The Bertz CT molecular complexity index is 1030. The van der Waals surface area contributed by atoms with Gasteiger partial charge in [0.15, 0.2) is 5.60 Å². The summed E-state index contributed by atoms with van der Waals surface area (Å²) in [5, 5.41) is 16.5. The van der Waals surface area contributed by atoms with Gasteiger partial charge in [0.05, 0.1) is 18.3 Å². The Morgan fingerprint density at radius 3 is 2.25 bits per heavy atom. The number of aliphatic hydroxyl groups excluding tert-OH is 1. The van der Waals surface area contributed by atoms with Crippen LogP contribution in [0.4, 0.5) is 0 Å². The van der Waals surface area contributed by atoms with Crippen molar-refractivity contribution in [3.63, 3.8) is 0 Å². The lowest BCUT2D eigenvalue weighted by molar-refractivity contribution is -0.143. The minimum Gasteiger partial charge on any atom is -0.493 e. The van der Waals surface area contributed by atoms with E-state index in [2.05, 4.69) is 24.5 Å². The third-order valence-electron chi connectivity index (χ3n) is 7.31. The fourth-order valence-electron chi connectivity index (χ4n) is 4.34. The van der Waals surface area contributed by atoms with Crippen molar-refractivity contribution in [2.24, 2.45) is 17.6 Å². The Morgan fingerprint density at radius 2 is 1.60 bits per heavy atom. The lowest BCUT2D eigenvalue weighted by Gasteiger charge is -2.30. The molecule has 0 saturated carbocycles. The van der Waals surface area contributed by atoms with E-state index < -0.39 is 17.7 Å². The minimum absolute atomic E-state index is 0.0139. The zero-order valence-electron chi connectivity index (χ0n) is 24.5. The summed E-state index contributed by atoms with van der Waals surface area (Å²) in [4.78, 5) is 26.0. The smallest absolute Gasteiger partial charge is 0.256 e. The van der Waals surface area contributed by atoms with Crippen molar-refractivity contribution < 1.29 is 28.9 Å². The second-order valence-electron chi connectivity index (χ2n) is 10.5. The molecule has 0 bridgehead atoms. The summed E-state index contributed by atoms with van der Waals surface area (Å²) in [5.74, 6) is 0.175. The highest BCUT2D eigenvalue weighted by atomic mass is 16.5. The molecule has 2 rings (SSSR count). The second kappa shape index (κ2) is 17.0. The first-order chi connectivity index (χ1) is 19.1. The number of para-hydroxylation sites is 1. The number of hydrogen-bond acceptors (Lipinski definition) is 7. The number of aliphatic hydroxyl groups is 1. The highest BCUT2D eigenvalue weighted by molar-refractivity contribution is 5.96. The molecule has 0 radical (unpaired) electrons. The largest absolute Gasteiger partial charge is 0.493 e. The lowest BCUT2D eigenvalue weighted by atomic mass is 9.87. The molecule has 2 aromatic carbocycles. The van der Waals surface area contributed by atoms with Crippen molar-refractivity contribution in [2.45, 2.75) is 57.8 Å². The molecule has 0 fully saturated rings. The number of unbranched alkanes of at least 4 members (excludes halogenated alkanes) is 1. The van der Waals surface area contributed by atoms with Gasteiger partial charge >= 0.3 is 0 Å². The van der Waals surface area contributed by atoms with Gasteiger partial charge in [0.1, 0.15) is 5.75 Å². The molecule has 5 N–H and O–H groups in total. The van der Waals surface area contributed by atoms with Gasteiger partial charge in [-0.05, 0) is 55.7 Å². The first kappa shape index (κ1) is 33.2. The van der Waals surface area contributed by atoms with E-state index in [9.17, 15) is 14.7 Å². The highest BCUT2D eigenvalue weighted by Crippen LogP contribution is 2.25. The normalized spacial score (nSPS) is 15.1. The number of amides is 2. The predicted octanol–water partition coefficient (Wildman–Crippen LogP) is 3.25. The minimum atomic E-state index is -1.19. The molecule has 40 heavy (non-hydrogen) atoms. The molecule has 0 unspecified atom stereocenters. The third kappa shape index (κ3) is 9.89. The lowest BCUT2D eigenvalue weighted by Crippen LogP contribution is -2.50. The summed E-state index contributed by atoms with van der Waals surface area (Å²) in [5.41, 5.74) is 6.34. The first-order valence-electron chi connectivity index (χ1n) is 14.0. The Labute approximate surface area is 238 Å². The average molecular weight is 558 g/mol. The molecule has 9 nitrogen and oxygen atoms in total. The van der Waals surface area contributed by atoms with Gasteiger partial charge < -0.3 is 35.7 Å². The Kier molecular flexibility index (Phi) is 14.1. The van der Waals surface area contributed by atoms with Crippen molar-refractivity contribution in [1.29, 1.82) is 0 Å². The number of nitrogens with two attached hydrogens (primary N) is 1. The molecule has 2 aromatic rings. The van der Waals surface area contributed by atoms with Gasteiger partial charge in [0, 0.05) is 40.0 Å². The number of hydrogen-bond donors (Lipinski definition) is 4. The second-order valence-corrected chi connectivity index (χ2v) is 10.5. The number of methoxy groups -OCH3 is 2. The first-order valence-corrected chi connectivity index (χ1v) is 14.0. The highest BCUT2D eigenvalue weighted by Gasteiger charge is 2.35. The Hall–Kier alpha value is -2.98. The van der Waals surface area contributed by atoms with E-state index in [4.69, 9.17) is 19.9 Å². The molecule has 4 atom stereocenters. The molecule has 9 heteroatoms. The van der Waals surface area contributed by atoms with Gasteiger partial charge in [-0.15, -0.1) is 0 Å². The molecule has 0 saturated heterocycles. The molecule has 0 aliphatic heterocycles. The van der Waals surface area contributed by atoms with Crippen LogP contribution >= 0.6 is 0 Å². The van der Waals surface area contributed by atoms with Crippen LogP contribution in [0.15, 0.2) is 54.6 Å². The molecule has 0 heterocycles. The van der Waals surface area contributed by atoms with Gasteiger partial charge in [0.2, 0.25) is 0 Å². The van der Waals surface area contributed by atoms with Crippen LogP contribution in [0.5, 0.6) is 5.75 Å². The van der Waals surface area contributed by atoms with Crippen LogP contribution in [-0.2, 0) is 19.9 Å². The fourth-order valence-corrected chi connectivity index (χ4v) is 4.34. The predicted molar refractivity (Wildman–Crippen MR) is 156 cm³/mol. The molecular weight excluding hydrogens is 510 g/mol. The van der Waals surface area contributed by atoms with E-state index in [1.54, 1.807) is 32.2 Å². The summed E-state index contributed by atoms with van der Waals surface area (Å²) >= 11 is 0. The molecule has 0 aliphatic carbocycles. The molecule has 0 aliphatic rings. The molecule has 0 aromatic heterocycles. The molecular formula is C31H47N3O6. The van der Waals surface area contributed by atoms with Crippen LogP contribution in [0.3, 0.4) is 0 Å². The van der Waals surface area contributed by atoms with E-state index in [1.807, 2.05) is 36.4 Å². The molecule has 2 amide bonds. The van der Waals surface area contributed by atoms with E-state index in [1.165, 1.54) is 7.11 Å². The quantitative estimate of drug-likeness (QED) is 0.207. The maximum Gasteiger partial charge on any atom is 0.256 e. The van der Waals surface area contributed by atoms with E-state index in [0.717, 1.165) is 12.8 Å². The number of ether oxygens (including phenoxy) is 3. The average Bonchev–Trinajstić information content (AvgIpc) is 2.97. The van der Waals surface area contributed by atoms with Gasteiger partial charge in [-0.25, -0.2) is 0 Å². The van der Waals surface area contributed by atoms with Crippen LogP contribution in [0, 0.1) is 11.8 Å². The van der Waals surface area contributed by atoms with Gasteiger partial charge in [0.25, 0.3) is 11.8 Å². The molecule has 222 valence electrons. The van der Waals surface area contributed by atoms with Crippen LogP contribution in [0.1, 0.15) is 56.0 Å². The van der Waals surface area contributed by atoms with Gasteiger partial charge in [-0.2, -0.15) is 0 Å². The zero-order chi connectivity index (χ0) is 29.5. The van der Waals surface area contributed by atoms with Crippen molar-refractivity contribution in [3.8, 4) is 5.75 Å². The summed E-state index contributed by atoms with van der Waals surface area (Å²) in [6.07, 6.45) is 1.21. The van der Waals surface area contributed by atoms with Crippen LogP contribution < -0.4 is 21.1 Å². The SMILES string of the molecule is COCCCCOc1ccccc1C(=O)NC[C@@H](C[C@H](N)[C@@H](O)CNC(=O)[C@](C)(OC)c1ccccc1)C(C)C. The van der Waals surface area contributed by atoms with E-state index in [-0.39, 0.29) is 30.2 Å². The Balaban J connectivity index is 1.91. The molecule has 0 spiro atoms. The van der Waals surface area contributed by atoms with Crippen molar-refractivity contribution in [1.82, 2.24) is 10.6 Å². The number of nitrogens with one attached hydrogen (secondary N) is 2. The fraction of sp³-hybridized carbons (Fsp3) is 0.548. The maximum atomic E-state index is 13.0. The van der Waals surface area contributed by atoms with E-state index >= 15 is 0 Å². The summed E-state index contributed by atoms with van der Waals surface area (Å²) in [7, 11) is 3.14. The number of carbonyl (C=O) groups is 2. The Morgan fingerprint density at radius 1 is 0.950 bits per heavy atom. The maximum absolute atomic E-state index is 13.0. The summed E-state index contributed by atoms with van der Waals surface area (Å²) < 4.78 is 16.4. The topological polar surface area (TPSA) is 132 Å². The standard InChI is InChI=1S/C31H47N3O6/c1-22(2)23(20-33-29(36)25-15-9-10-16-28(25)40-18-12-11-17-38-4)19-26(32)27(35)21-34-30(37)31(3,39-5)24-13-7-6-8-14-24/h6-10,13-16,22-23,26-27,35H,11-12,17-21,32H2,1-5H3,(H,33,36)(H,34,37)/t23-,26+,27+,31-/m1/s1. The van der Waals surface area contributed by atoms with Gasteiger partial charge in [-0.1, -0.05) is 56.3 Å².